The second-order valence-corrected chi connectivity index (χ2v) is 7.01. The summed E-state index contributed by atoms with van der Waals surface area (Å²) < 4.78 is 0. The fraction of sp³-hybridized carbons (Fsp3) is 0.231. The molecule has 0 aliphatic rings. The molecule has 2 aromatic carbocycles. The SMILES string of the molecule is C\C=C/C(/C=C/c1ccc(C)c(-c2ccccc2C)c1)=C\C=N\CCCC(N)=O. The van der Waals surface area contributed by atoms with Gasteiger partial charge in [-0.05, 0) is 72.7 Å². The number of benzene rings is 2. The lowest BCUT2D eigenvalue weighted by molar-refractivity contribution is -0.118. The van der Waals surface area contributed by atoms with Crippen molar-refractivity contribution in [1.82, 2.24) is 0 Å². The van der Waals surface area contributed by atoms with Gasteiger partial charge in [0.1, 0.15) is 0 Å². The van der Waals surface area contributed by atoms with Crippen LogP contribution < -0.4 is 5.73 Å². The molecule has 2 aromatic rings. The zero-order valence-corrected chi connectivity index (χ0v) is 17.6. The molecule has 29 heavy (non-hydrogen) atoms. The summed E-state index contributed by atoms with van der Waals surface area (Å²) in [6.07, 6.45) is 13.1. The van der Waals surface area contributed by atoms with Gasteiger partial charge in [0.25, 0.3) is 0 Å². The van der Waals surface area contributed by atoms with Gasteiger partial charge in [-0.25, -0.2) is 0 Å². The molecule has 3 nitrogen and oxygen atoms in total. The number of carbonyl (C=O) groups excluding carboxylic acids is 1. The first-order valence-electron chi connectivity index (χ1n) is 9.97. The van der Waals surface area contributed by atoms with Gasteiger partial charge in [-0.3, -0.25) is 9.79 Å². The number of hydrogen-bond donors (Lipinski definition) is 1. The van der Waals surface area contributed by atoms with Gasteiger partial charge in [-0.2, -0.15) is 0 Å². The van der Waals surface area contributed by atoms with Crippen molar-refractivity contribution < 1.29 is 4.79 Å². The van der Waals surface area contributed by atoms with E-state index in [4.69, 9.17) is 5.73 Å². The van der Waals surface area contributed by atoms with Gasteiger partial charge in [0.15, 0.2) is 0 Å². The van der Waals surface area contributed by atoms with Crippen molar-refractivity contribution in [1.29, 1.82) is 0 Å². The fourth-order valence-corrected chi connectivity index (χ4v) is 3.02. The number of aliphatic imine (C=N–C) groups is 1. The Balaban J connectivity index is 2.16. The minimum atomic E-state index is -0.281. The summed E-state index contributed by atoms with van der Waals surface area (Å²) in [7, 11) is 0. The Hall–Kier alpha value is -3.20. The average molecular weight is 387 g/mol. The maximum Gasteiger partial charge on any atom is 0.217 e. The molecule has 0 aromatic heterocycles. The number of rotatable bonds is 9. The molecule has 0 aliphatic heterocycles. The number of nitrogens with zero attached hydrogens (tertiary/aromatic N) is 1. The van der Waals surface area contributed by atoms with E-state index in [0.29, 0.717) is 19.4 Å². The van der Waals surface area contributed by atoms with Gasteiger partial charge in [-0.15, -0.1) is 0 Å². The zero-order valence-electron chi connectivity index (χ0n) is 17.6. The fourth-order valence-electron chi connectivity index (χ4n) is 3.02. The smallest absolute Gasteiger partial charge is 0.217 e. The van der Waals surface area contributed by atoms with Crippen LogP contribution in [0.25, 0.3) is 17.2 Å². The number of hydrogen-bond acceptors (Lipinski definition) is 2. The summed E-state index contributed by atoms with van der Waals surface area (Å²) in [4.78, 5) is 15.1. The molecule has 3 heteroatoms. The zero-order chi connectivity index (χ0) is 21.1. The monoisotopic (exact) mass is 386 g/mol. The molecule has 2 rings (SSSR count). The normalized spacial score (nSPS) is 12.4. The van der Waals surface area contributed by atoms with E-state index in [1.807, 2.05) is 25.2 Å². The highest BCUT2D eigenvalue weighted by Crippen LogP contribution is 2.28. The maximum atomic E-state index is 10.7. The number of carbonyl (C=O) groups is 1. The molecule has 0 radical (unpaired) electrons. The first-order valence-corrected chi connectivity index (χ1v) is 9.97. The summed E-state index contributed by atoms with van der Waals surface area (Å²) in [6.45, 7) is 6.89. The van der Waals surface area contributed by atoms with Crippen LogP contribution in [0.4, 0.5) is 0 Å². The summed E-state index contributed by atoms with van der Waals surface area (Å²) in [5, 5.41) is 0. The van der Waals surface area contributed by atoms with Crippen molar-refractivity contribution >= 4 is 18.2 Å². The Kier molecular flexibility index (Phi) is 8.84. The topological polar surface area (TPSA) is 55.4 Å². The lowest BCUT2D eigenvalue weighted by Crippen LogP contribution is -2.10. The van der Waals surface area contributed by atoms with Crippen LogP contribution >= 0.6 is 0 Å². The first-order chi connectivity index (χ1) is 14.0. The number of primary amides is 1. The second-order valence-electron chi connectivity index (χ2n) is 7.01. The van der Waals surface area contributed by atoms with Gasteiger partial charge in [0, 0.05) is 19.2 Å². The largest absolute Gasteiger partial charge is 0.370 e. The third kappa shape index (κ3) is 7.38. The highest BCUT2D eigenvalue weighted by molar-refractivity contribution is 5.76. The molecule has 2 N–H and O–H groups in total. The van der Waals surface area contributed by atoms with Crippen LogP contribution in [0.5, 0.6) is 0 Å². The van der Waals surface area contributed by atoms with Crippen LogP contribution in [0.2, 0.25) is 0 Å². The summed E-state index contributed by atoms with van der Waals surface area (Å²) in [5.74, 6) is -0.281. The van der Waals surface area contributed by atoms with Gasteiger partial charge in [-0.1, -0.05) is 60.7 Å². The molecule has 0 fully saturated rings. The van der Waals surface area contributed by atoms with Gasteiger partial charge in [0.05, 0.1) is 0 Å². The van der Waals surface area contributed by atoms with Crippen LogP contribution in [-0.4, -0.2) is 18.7 Å². The molecule has 150 valence electrons. The van der Waals surface area contributed by atoms with Crippen molar-refractivity contribution in [3.05, 3.63) is 89.0 Å². The Labute approximate surface area is 174 Å². The standard InChI is InChI=1S/C26H30N2O/c1-4-8-22(16-18-28-17-7-11-26(27)29)14-15-23-13-12-21(3)25(19-23)24-10-6-5-9-20(24)2/h4-6,8-10,12-16,18-19H,7,11,17H2,1-3H3,(H2,27,29)/b8-4-,15-14+,22-16+,28-18+. The van der Waals surface area contributed by atoms with E-state index in [-0.39, 0.29) is 5.91 Å². The highest BCUT2D eigenvalue weighted by atomic mass is 16.1. The molecule has 0 bridgehead atoms. The quantitative estimate of drug-likeness (QED) is 0.329. The Morgan fingerprint density at radius 3 is 2.52 bits per heavy atom. The Morgan fingerprint density at radius 1 is 1.03 bits per heavy atom. The molecule has 1 amide bonds. The molecular formula is C26H30N2O. The third-order valence-electron chi connectivity index (χ3n) is 4.61. The van der Waals surface area contributed by atoms with Crippen molar-refractivity contribution in [3.63, 3.8) is 0 Å². The average Bonchev–Trinajstić information content (AvgIpc) is 2.70. The van der Waals surface area contributed by atoms with Gasteiger partial charge >= 0.3 is 0 Å². The van der Waals surface area contributed by atoms with E-state index in [0.717, 1.165) is 11.1 Å². The van der Waals surface area contributed by atoms with Crippen LogP contribution in [0.1, 0.15) is 36.5 Å². The van der Waals surface area contributed by atoms with Crippen LogP contribution in [-0.2, 0) is 4.79 Å². The van der Waals surface area contributed by atoms with E-state index in [9.17, 15) is 4.79 Å². The highest BCUT2D eigenvalue weighted by Gasteiger charge is 2.05. The van der Waals surface area contributed by atoms with E-state index >= 15 is 0 Å². The molecule has 0 unspecified atom stereocenters. The Morgan fingerprint density at radius 2 is 1.79 bits per heavy atom. The molecule has 0 aliphatic carbocycles. The predicted molar refractivity (Wildman–Crippen MR) is 125 cm³/mol. The lowest BCUT2D eigenvalue weighted by Gasteiger charge is -2.10. The van der Waals surface area contributed by atoms with Crippen LogP contribution in [0.15, 0.2) is 77.3 Å². The van der Waals surface area contributed by atoms with Crippen molar-refractivity contribution in [2.45, 2.75) is 33.6 Å². The van der Waals surface area contributed by atoms with Crippen molar-refractivity contribution in [2.75, 3.05) is 6.54 Å². The van der Waals surface area contributed by atoms with Crippen molar-refractivity contribution in [2.24, 2.45) is 10.7 Å². The second kappa shape index (κ2) is 11.6. The molecule has 0 saturated heterocycles. The van der Waals surface area contributed by atoms with Gasteiger partial charge in [0.2, 0.25) is 5.91 Å². The number of allylic oxidation sites excluding steroid dienone is 5. The van der Waals surface area contributed by atoms with E-state index in [2.05, 4.69) is 73.5 Å². The van der Waals surface area contributed by atoms with E-state index < -0.39 is 0 Å². The van der Waals surface area contributed by atoms with Crippen molar-refractivity contribution in [3.8, 4) is 11.1 Å². The lowest BCUT2D eigenvalue weighted by atomic mass is 9.94. The minimum Gasteiger partial charge on any atom is -0.370 e. The Bertz CT molecular complexity index is 949. The van der Waals surface area contributed by atoms with E-state index in [1.54, 1.807) is 6.21 Å². The first kappa shape index (κ1) is 22.1. The van der Waals surface area contributed by atoms with Crippen LogP contribution in [0, 0.1) is 13.8 Å². The number of nitrogens with two attached hydrogens (primary N) is 1. The molecule has 0 atom stereocenters. The van der Waals surface area contributed by atoms with Gasteiger partial charge < -0.3 is 5.73 Å². The molecular weight excluding hydrogens is 356 g/mol. The summed E-state index contributed by atoms with van der Waals surface area (Å²) in [5.41, 5.74) is 12.4. The third-order valence-corrected chi connectivity index (χ3v) is 4.61. The number of amides is 1. The summed E-state index contributed by atoms with van der Waals surface area (Å²) in [6, 6.07) is 15.0. The molecule has 0 heterocycles. The minimum absolute atomic E-state index is 0.281. The predicted octanol–water partition coefficient (Wildman–Crippen LogP) is 5.82. The molecule has 0 saturated carbocycles. The molecule has 0 spiro atoms. The van der Waals surface area contributed by atoms with E-state index in [1.165, 1.54) is 22.3 Å². The van der Waals surface area contributed by atoms with Crippen LogP contribution in [0.3, 0.4) is 0 Å². The summed E-state index contributed by atoms with van der Waals surface area (Å²) >= 11 is 0. The maximum absolute atomic E-state index is 10.7. The number of aryl methyl sites for hydroxylation is 2.